The molecule has 0 aliphatic carbocycles. The number of imidazole rings is 2. The molecular weight excluding hydrogens is 1050 g/mol. The van der Waals surface area contributed by atoms with Crippen molar-refractivity contribution >= 4 is 75.9 Å². The number of fused-ring (bicyclic) bond motifs is 7. The van der Waals surface area contributed by atoms with Crippen LogP contribution in [-0.4, -0.2) is 19.1 Å². The van der Waals surface area contributed by atoms with Crippen LogP contribution in [0.25, 0.3) is 154 Å². The third-order valence-corrected chi connectivity index (χ3v) is 17.3. The second-order valence-electron chi connectivity index (χ2n) is 22.4. The fourth-order valence-corrected chi connectivity index (χ4v) is 13.4. The number of benzene rings is 15. The van der Waals surface area contributed by atoms with E-state index >= 15 is 0 Å². The van der Waals surface area contributed by atoms with Gasteiger partial charge in [0.15, 0.2) is 0 Å². The van der Waals surface area contributed by atoms with Crippen molar-refractivity contribution in [2.24, 2.45) is 0 Å². The largest absolute Gasteiger partial charge is 0.297 e. The maximum Gasteiger partial charge on any atom is 0.145 e. The molecule has 408 valence electrons. The summed E-state index contributed by atoms with van der Waals surface area (Å²) in [7, 11) is 0. The van der Waals surface area contributed by atoms with E-state index in [0.29, 0.717) is 0 Å². The number of para-hydroxylation sites is 3. The minimum absolute atomic E-state index is 0.945. The van der Waals surface area contributed by atoms with E-state index in [1.165, 1.54) is 109 Å². The monoisotopic (exact) mass is 1110 g/mol. The van der Waals surface area contributed by atoms with Crippen LogP contribution in [0.4, 0.5) is 0 Å². The molecule has 17 rings (SSSR count). The van der Waals surface area contributed by atoms with Gasteiger partial charge in [-0.1, -0.05) is 267 Å². The average Bonchev–Trinajstić information content (AvgIpc) is 1.81. The van der Waals surface area contributed by atoms with Gasteiger partial charge in [-0.3, -0.25) is 9.13 Å². The Labute approximate surface area is 504 Å². The van der Waals surface area contributed by atoms with Crippen LogP contribution in [0.3, 0.4) is 0 Å². The molecule has 0 bridgehead atoms. The molecule has 0 spiro atoms. The van der Waals surface area contributed by atoms with Crippen molar-refractivity contribution in [2.75, 3.05) is 0 Å². The van der Waals surface area contributed by atoms with Crippen LogP contribution in [0, 0.1) is 6.92 Å². The van der Waals surface area contributed by atoms with Crippen molar-refractivity contribution in [3.8, 4) is 78.4 Å². The second kappa shape index (κ2) is 21.6. The molecule has 4 nitrogen and oxygen atoms in total. The van der Waals surface area contributed by atoms with E-state index in [9.17, 15) is 0 Å². The molecule has 0 aliphatic heterocycles. The molecule has 0 atom stereocenters. The molecular formula is C83H56N4. The third kappa shape index (κ3) is 9.02. The number of aryl methyl sites for hydroxylation is 1. The highest BCUT2D eigenvalue weighted by atomic mass is 15.1. The predicted molar refractivity (Wildman–Crippen MR) is 367 cm³/mol. The van der Waals surface area contributed by atoms with Crippen LogP contribution < -0.4 is 0 Å². The molecule has 0 saturated carbocycles. The minimum Gasteiger partial charge on any atom is -0.297 e. The Hall–Kier alpha value is -11.5. The summed E-state index contributed by atoms with van der Waals surface area (Å²) in [6, 6.07) is 115. The third-order valence-electron chi connectivity index (χ3n) is 17.3. The SMILES string of the molecule is Cc1nc2ccc(-c3ccc(-c4c5ccccc5c(-c5ccccc5)c5ccccc45)cc3)cc2n1-c1ccccc1.c1ccc(-c2nc3ccccc3n2-c2ccc(-c3c4ccccc4c(-c4ccc5ccccc5c4)c4ccccc34)cc2)cc1. The number of hydrogen-bond donors (Lipinski definition) is 0. The number of nitrogens with zero attached hydrogens (tertiary/aromatic N) is 4. The Kier molecular flexibility index (Phi) is 12.7. The molecule has 17 aromatic rings. The summed E-state index contributed by atoms with van der Waals surface area (Å²) in [6.07, 6.45) is 0. The van der Waals surface area contributed by atoms with Gasteiger partial charge in [0.05, 0.1) is 22.1 Å². The van der Waals surface area contributed by atoms with Gasteiger partial charge in [0, 0.05) is 16.9 Å². The van der Waals surface area contributed by atoms with E-state index in [-0.39, 0.29) is 0 Å². The molecule has 0 fully saturated rings. The van der Waals surface area contributed by atoms with Gasteiger partial charge in [-0.05, 0) is 171 Å². The van der Waals surface area contributed by atoms with E-state index in [0.717, 1.165) is 50.7 Å². The molecule has 0 unspecified atom stereocenters. The number of hydrogen-bond acceptors (Lipinski definition) is 2. The van der Waals surface area contributed by atoms with Gasteiger partial charge in [0.2, 0.25) is 0 Å². The maximum absolute atomic E-state index is 5.04. The smallest absolute Gasteiger partial charge is 0.145 e. The minimum atomic E-state index is 0.945. The lowest BCUT2D eigenvalue weighted by molar-refractivity contribution is 1.00. The van der Waals surface area contributed by atoms with Crippen molar-refractivity contribution in [1.29, 1.82) is 0 Å². The summed E-state index contributed by atoms with van der Waals surface area (Å²) in [5, 5.41) is 12.6. The molecule has 2 heterocycles. The molecule has 87 heavy (non-hydrogen) atoms. The maximum atomic E-state index is 5.04. The highest BCUT2D eigenvalue weighted by Gasteiger charge is 2.21. The van der Waals surface area contributed by atoms with Gasteiger partial charge in [0.1, 0.15) is 11.6 Å². The predicted octanol–water partition coefficient (Wildman–Crippen LogP) is 22.1. The van der Waals surface area contributed by atoms with Gasteiger partial charge in [-0.2, -0.15) is 0 Å². The van der Waals surface area contributed by atoms with Gasteiger partial charge in [-0.15, -0.1) is 0 Å². The summed E-state index contributed by atoms with van der Waals surface area (Å²) >= 11 is 0. The lowest BCUT2D eigenvalue weighted by Crippen LogP contribution is -1.97. The normalized spacial score (nSPS) is 11.5. The Morgan fingerprint density at radius 1 is 0.230 bits per heavy atom. The molecule has 0 N–H and O–H groups in total. The Morgan fingerprint density at radius 3 is 1.16 bits per heavy atom. The summed E-state index contributed by atoms with van der Waals surface area (Å²) < 4.78 is 4.51. The van der Waals surface area contributed by atoms with E-state index in [1.807, 2.05) is 12.1 Å². The Balaban J connectivity index is 0.000000141. The fourth-order valence-electron chi connectivity index (χ4n) is 13.4. The zero-order valence-corrected chi connectivity index (χ0v) is 47.9. The van der Waals surface area contributed by atoms with Crippen molar-refractivity contribution in [3.05, 3.63) is 327 Å². The number of rotatable bonds is 8. The average molecular weight is 1110 g/mol. The van der Waals surface area contributed by atoms with Crippen LogP contribution >= 0.6 is 0 Å². The molecule has 0 aliphatic rings. The quantitative estimate of drug-likeness (QED) is 0.142. The first kappa shape index (κ1) is 51.2. The number of aromatic nitrogens is 4. The molecule has 0 amide bonds. The van der Waals surface area contributed by atoms with Gasteiger partial charge < -0.3 is 0 Å². The van der Waals surface area contributed by atoms with E-state index in [2.05, 4.69) is 325 Å². The van der Waals surface area contributed by atoms with Crippen molar-refractivity contribution < 1.29 is 0 Å². The summed E-state index contributed by atoms with van der Waals surface area (Å²) in [6.45, 7) is 2.07. The zero-order valence-electron chi connectivity index (χ0n) is 47.9. The van der Waals surface area contributed by atoms with E-state index < -0.39 is 0 Å². The van der Waals surface area contributed by atoms with Gasteiger partial charge in [-0.25, -0.2) is 9.97 Å². The van der Waals surface area contributed by atoms with Crippen LogP contribution in [-0.2, 0) is 0 Å². The van der Waals surface area contributed by atoms with Crippen LogP contribution in [0.1, 0.15) is 5.82 Å². The van der Waals surface area contributed by atoms with Crippen molar-refractivity contribution in [2.45, 2.75) is 6.92 Å². The Bertz CT molecular complexity index is 5320. The topological polar surface area (TPSA) is 35.6 Å². The van der Waals surface area contributed by atoms with Gasteiger partial charge >= 0.3 is 0 Å². The fraction of sp³-hybridized carbons (Fsp3) is 0.0120. The summed E-state index contributed by atoms with van der Waals surface area (Å²) in [4.78, 5) is 9.87. The van der Waals surface area contributed by atoms with Gasteiger partial charge in [0.25, 0.3) is 0 Å². The van der Waals surface area contributed by atoms with E-state index in [1.54, 1.807) is 0 Å². The lowest BCUT2D eigenvalue weighted by Gasteiger charge is -2.18. The highest BCUT2D eigenvalue weighted by Crippen LogP contribution is 2.46. The van der Waals surface area contributed by atoms with E-state index in [4.69, 9.17) is 9.97 Å². The first-order chi connectivity index (χ1) is 43.1. The molecule has 2 aromatic heterocycles. The standard InChI is InChI=1S/C43H28N2.C40H28N2/c1-2-13-31(14-3-1)43-44-39-20-10-11-21-40(39)45(43)34-26-24-30(25-27-34)41-35-16-6-8-18-37(35)42(38-19-9-7-17-36(38)41)33-23-22-29-12-4-5-15-32(29)28-33;1-27-41-37-25-24-31(26-38(37)42(27)32-14-6-3-7-15-32)28-20-22-30(23-21-28)40-35-18-10-8-16-33(35)39(29-12-4-2-5-13-29)34-17-9-11-19-36(34)40/h1-28H;2-26H,1H3. The van der Waals surface area contributed by atoms with Crippen LogP contribution in [0.15, 0.2) is 322 Å². The van der Waals surface area contributed by atoms with Crippen molar-refractivity contribution in [1.82, 2.24) is 19.1 Å². The van der Waals surface area contributed by atoms with Crippen molar-refractivity contribution in [3.63, 3.8) is 0 Å². The van der Waals surface area contributed by atoms with Crippen LogP contribution in [0.2, 0.25) is 0 Å². The summed E-state index contributed by atoms with van der Waals surface area (Å²) in [5.41, 5.74) is 19.9. The highest BCUT2D eigenvalue weighted by molar-refractivity contribution is 6.23. The second-order valence-corrected chi connectivity index (χ2v) is 22.4. The Morgan fingerprint density at radius 2 is 0.609 bits per heavy atom. The lowest BCUT2D eigenvalue weighted by atomic mass is 9.85. The summed E-state index contributed by atoms with van der Waals surface area (Å²) in [5.74, 6) is 1.93. The molecule has 0 radical (unpaired) electrons. The zero-order chi connectivity index (χ0) is 57.8. The first-order valence-corrected chi connectivity index (χ1v) is 29.8. The molecule has 15 aromatic carbocycles. The first-order valence-electron chi connectivity index (χ1n) is 29.8. The molecule has 0 saturated heterocycles. The van der Waals surface area contributed by atoms with Crippen LogP contribution in [0.5, 0.6) is 0 Å². The molecule has 4 heteroatoms.